The Balaban J connectivity index is 1.55. The first kappa shape index (κ1) is 19.7. The van der Waals surface area contributed by atoms with Crippen LogP contribution >= 0.6 is 11.8 Å². The normalized spacial score (nSPS) is 20.7. The number of piperazine rings is 1. The predicted molar refractivity (Wildman–Crippen MR) is 110 cm³/mol. The van der Waals surface area contributed by atoms with Crippen LogP contribution in [0, 0.1) is 6.92 Å². The van der Waals surface area contributed by atoms with Gasteiger partial charge in [-0.25, -0.2) is 0 Å². The Labute approximate surface area is 162 Å². The van der Waals surface area contributed by atoms with Gasteiger partial charge in [0.05, 0.1) is 0 Å². The number of amides is 1. The van der Waals surface area contributed by atoms with E-state index in [0.717, 1.165) is 42.2 Å². The summed E-state index contributed by atoms with van der Waals surface area (Å²) in [6.07, 6.45) is 4.59. The predicted octanol–water partition coefficient (Wildman–Crippen LogP) is 3.35. The fourth-order valence-corrected chi connectivity index (χ4v) is 4.63. The average molecular weight is 376 g/mol. The average Bonchev–Trinajstić information content (AvgIpc) is 2.68. The summed E-state index contributed by atoms with van der Waals surface area (Å²) in [6, 6.07) is 7.57. The molecule has 2 heterocycles. The number of aryl methyl sites for hydroxylation is 1. The number of carbonyl (C=O) groups is 1. The molecule has 2 fully saturated rings. The summed E-state index contributed by atoms with van der Waals surface area (Å²) >= 11 is 1.69. The highest BCUT2D eigenvalue weighted by molar-refractivity contribution is 7.98. The second kappa shape index (κ2) is 8.77. The van der Waals surface area contributed by atoms with E-state index in [1.165, 1.54) is 25.9 Å². The topological polar surface area (TPSA) is 26.8 Å². The van der Waals surface area contributed by atoms with Crippen LogP contribution in [0.2, 0.25) is 0 Å². The molecule has 0 N–H and O–H groups in total. The molecule has 1 amide bonds. The number of hydrogen-bond donors (Lipinski definition) is 0. The van der Waals surface area contributed by atoms with Gasteiger partial charge in [0.15, 0.2) is 0 Å². The number of nitrogens with zero attached hydrogens (tertiary/aromatic N) is 3. The summed E-state index contributed by atoms with van der Waals surface area (Å²) in [5, 5.41) is 0. The lowest BCUT2D eigenvalue weighted by Gasteiger charge is -2.43. The molecule has 0 radical (unpaired) electrons. The molecule has 0 saturated carbocycles. The number of rotatable bonds is 4. The number of carbonyl (C=O) groups excluding carboxylic acids is 1. The smallest absolute Gasteiger partial charge is 0.254 e. The highest BCUT2D eigenvalue weighted by Gasteiger charge is 2.30. The highest BCUT2D eigenvalue weighted by Crippen LogP contribution is 2.23. The highest BCUT2D eigenvalue weighted by atomic mass is 32.2. The van der Waals surface area contributed by atoms with Gasteiger partial charge in [-0.05, 0) is 70.7 Å². The van der Waals surface area contributed by atoms with Gasteiger partial charge in [0.25, 0.3) is 5.91 Å². The molecule has 2 aliphatic heterocycles. The van der Waals surface area contributed by atoms with E-state index in [4.69, 9.17) is 0 Å². The first-order valence-electron chi connectivity index (χ1n) is 9.91. The molecule has 4 nitrogen and oxygen atoms in total. The lowest BCUT2D eigenvalue weighted by Crippen LogP contribution is -2.54. The van der Waals surface area contributed by atoms with E-state index < -0.39 is 0 Å². The quantitative estimate of drug-likeness (QED) is 0.754. The number of benzene rings is 1. The molecule has 0 unspecified atom stereocenters. The van der Waals surface area contributed by atoms with Crippen molar-refractivity contribution in [1.29, 1.82) is 0 Å². The number of likely N-dealkylation sites (tertiary alicyclic amines) is 1. The van der Waals surface area contributed by atoms with Gasteiger partial charge in [0, 0.05) is 48.7 Å². The molecule has 0 aromatic heterocycles. The first-order valence-corrected chi connectivity index (χ1v) is 11.1. The van der Waals surface area contributed by atoms with Crippen molar-refractivity contribution in [1.82, 2.24) is 14.7 Å². The van der Waals surface area contributed by atoms with Crippen LogP contribution in [0.5, 0.6) is 0 Å². The second-order valence-corrected chi connectivity index (χ2v) is 8.75. The van der Waals surface area contributed by atoms with Crippen molar-refractivity contribution < 1.29 is 4.79 Å². The molecule has 26 heavy (non-hydrogen) atoms. The zero-order valence-corrected chi connectivity index (χ0v) is 17.5. The van der Waals surface area contributed by atoms with Gasteiger partial charge in [0.1, 0.15) is 0 Å². The molecule has 0 bridgehead atoms. The van der Waals surface area contributed by atoms with Gasteiger partial charge in [-0.1, -0.05) is 6.07 Å². The molecule has 0 spiro atoms. The third kappa shape index (κ3) is 4.44. The lowest BCUT2D eigenvalue weighted by molar-refractivity contribution is 0.0417. The van der Waals surface area contributed by atoms with Gasteiger partial charge in [-0.15, -0.1) is 11.8 Å². The summed E-state index contributed by atoms with van der Waals surface area (Å²) in [6.45, 7) is 12.8. The van der Waals surface area contributed by atoms with Crippen LogP contribution in [-0.4, -0.2) is 78.2 Å². The van der Waals surface area contributed by atoms with Crippen molar-refractivity contribution in [3.63, 3.8) is 0 Å². The van der Waals surface area contributed by atoms with Crippen LogP contribution < -0.4 is 0 Å². The first-order chi connectivity index (χ1) is 12.5. The third-order valence-corrected chi connectivity index (χ3v) is 6.75. The molecule has 0 atom stereocenters. The van der Waals surface area contributed by atoms with Crippen molar-refractivity contribution in [3.8, 4) is 0 Å². The van der Waals surface area contributed by atoms with E-state index in [1.54, 1.807) is 11.8 Å². The number of thioether (sulfide) groups is 1. The van der Waals surface area contributed by atoms with E-state index >= 15 is 0 Å². The van der Waals surface area contributed by atoms with E-state index in [1.807, 2.05) is 11.8 Å². The maximum atomic E-state index is 13.0. The van der Waals surface area contributed by atoms with Crippen LogP contribution in [0.25, 0.3) is 0 Å². The van der Waals surface area contributed by atoms with Crippen LogP contribution in [0.15, 0.2) is 23.1 Å². The Bertz CT molecular complexity index is 618. The maximum absolute atomic E-state index is 13.0. The van der Waals surface area contributed by atoms with Gasteiger partial charge in [0.2, 0.25) is 0 Å². The van der Waals surface area contributed by atoms with Gasteiger partial charge in [-0.3, -0.25) is 9.69 Å². The molecule has 5 heteroatoms. The largest absolute Gasteiger partial charge is 0.336 e. The van der Waals surface area contributed by atoms with Crippen LogP contribution in [0.3, 0.4) is 0 Å². The monoisotopic (exact) mass is 375 g/mol. The SMILES string of the molecule is CSc1ccc(C)c(C(=O)N2CCN(C3CCN(C(C)C)CC3)CC2)c1. The molecule has 0 aliphatic carbocycles. The minimum Gasteiger partial charge on any atom is -0.336 e. The summed E-state index contributed by atoms with van der Waals surface area (Å²) < 4.78 is 0. The molecular weight excluding hydrogens is 342 g/mol. The van der Waals surface area contributed by atoms with Crippen molar-refractivity contribution in [2.45, 2.75) is 50.6 Å². The van der Waals surface area contributed by atoms with E-state index in [9.17, 15) is 4.79 Å². The van der Waals surface area contributed by atoms with E-state index in [2.05, 4.69) is 48.1 Å². The summed E-state index contributed by atoms with van der Waals surface area (Å²) in [5.74, 6) is 0.202. The molecule has 1 aromatic carbocycles. The molecule has 2 aliphatic rings. The Morgan fingerprint density at radius 1 is 1.08 bits per heavy atom. The molecule has 144 valence electrons. The van der Waals surface area contributed by atoms with Crippen molar-refractivity contribution in [3.05, 3.63) is 29.3 Å². The van der Waals surface area contributed by atoms with Gasteiger partial charge >= 0.3 is 0 Å². The molecule has 2 saturated heterocycles. The molecule has 1 aromatic rings. The lowest BCUT2D eigenvalue weighted by atomic mass is 10.0. The fraction of sp³-hybridized carbons (Fsp3) is 0.667. The van der Waals surface area contributed by atoms with Crippen LogP contribution in [0.4, 0.5) is 0 Å². The van der Waals surface area contributed by atoms with E-state index in [-0.39, 0.29) is 5.91 Å². The third-order valence-electron chi connectivity index (χ3n) is 6.02. The zero-order chi connectivity index (χ0) is 18.7. The van der Waals surface area contributed by atoms with E-state index in [0.29, 0.717) is 12.1 Å². The summed E-state index contributed by atoms with van der Waals surface area (Å²) in [4.78, 5) is 21.4. The minimum absolute atomic E-state index is 0.202. The molecular formula is C21H33N3OS. The van der Waals surface area contributed by atoms with Crippen molar-refractivity contribution in [2.75, 3.05) is 45.5 Å². The standard InChI is InChI=1S/C21H33N3OS/c1-16(2)22-9-7-18(8-10-22)23-11-13-24(14-12-23)21(25)20-15-19(26-4)6-5-17(20)3/h5-6,15-16,18H,7-14H2,1-4H3. The second-order valence-electron chi connectivity index (χ2n) is 7.87. The Hall–Kier alpha value is -1.04. The number of hydrogen-bond acceptors (Lipinski definition) is 4. The Morgan fingerprint density at radius 2 is 1.73 bits per heavy atom. The van der Waals surface area contributed by atoms with Crippen LogP contribution in [0.1, 0.15) is 42.6 Å². The number of piperidine rings is 1. The maximum Gasteiger partial charge on any atom is 0.254 e. The van der Waals surface area contributed by atoms with Crippen LogP contribution in [-0.2, 0) is 0 Å². The van der Waals surface area contributed by atoms with Gasteiger partial charge in [-0.2, -0.15) is 0 Å². The van der Waals surface area contributed by atoms with Crippen molar-refractivity contribution >= 4 is 17.7 Å². The summed E-state index contributed by atoms with van der Waals surface area (Å²) in [5.41, 5.74) is 1.95. The molecule has 3 rings (SSSR count). The van der Waals surface area contributed by atoms with Crippen molar-refractivity contribution in [2.24, 2.45) is 0 Å². The fourth-order valence-electron chi connectivity index (χ4n) is 4.19. The Kier molecular flexibility index (Phi) is 6.65. The Morgan fingerprint density at radius 3 is 2.31 bits per heavy atom. The minimum atomic E-state index is 0.202. The zero-order valence-electron chi connectivity index (χ0n) is 16.7. The summed E-state index contributed by atoms with van der Waals surface area (Å²) in [7, 11) is 0. The van der Waals surface area contributed by atoms with Gasteiger partial charge < -0.3 is 9.80 Å².